The molecule has 0 saturated carbocycles. The van der Waals surface area contributed by atoms with E-state index in [0.29, 0.717) is 5.15 Å². The first kappa shape index (κ1) is 6.48. The van der Waals surface area contributed by atoms with Gasteiger partial charge in [0.15, 0.2) is 5.15 Å². The van der Waals surface area contributed by atoms with Gasteiger partial charge in [0.2, 0.25) is 0 Å². The number of halogens is 1. The molecule has 0 aliphatic heterocycles. The minimum Gasteiger partial charge on any atom is -0.297 e. The van der Waals surface area contributed by atoms with Gasteiger partial charge in [0.05, 0.1) is 6.20 Å². The van der Waals surface area contributed by atoms with Gasteiger partial charge in [-0.05, 0) is 0 Å². The highest BCUT2D eigenvalue weighted by Gasteiger charge is 2.04. The lowest BCUT2D eigenvalue weighted by Gasteiger charge is -1.97. The Hall–Kier alpha value is -1.23. The first-order valence-corrected chi connectivity index (χ1v) is 3.45. The lowest BCUT2D eigenvalue weighted by atomic mass is 10.6. The van der Waals surface area contributed by atoms with Crippen molar-refractivity contribution in [2.75, 3.05) is 12.5 Å². The van der Waals surface area contributed by atoms with Gasteiger partial charge in [-0.3, -0.25) is 5.43 Å². The van der Waals surface area contributed by atoms with E-state index in [4.69, 9.17) is 11.6 Å². The molecule has 0 fully saturated rings. The number of nitrogens with zero attached hydrogens (tertiary/aromatic N) is 4. The summed E-state index contributed by atoms with van der Waals surface area (Å²) >= 11 is 5.73. The van der Waals surface area contributed by atoms with Gasteiger partial charge in [-0.15, -0.1) is 10.0 Å². The molecule has 0 radical (unpaired) electrons. The van der Waals surface area contributed by atoms with Crippen LogP contribution in [0.15, 0.2) is 12.5 Å². The van der Waals surface area contributed by atoms with E-state index in [1.807, 2.05) is 0 Å². The Labute approximate surface area is 67.5 Å². The van der Waals surface area contributed by atoms with Crippen LogP contribution in [0.25, 0.3) is 5.52 Å². The molecule has 2 aromatic rings. The van der Waals surface area contributed by atoms with Gasteiger partial charge in [-0.25, -0.2) is 9.50 Å². The van der Waals surface area contributed by atoms with E-state index >= 15 is 0 Å². The molecule has 11 heavy (non-hydrogen) atoms. The topological polar surface area (TPSA) is 47.2 Å². The number of rotatable bonds is 1. The molecule has 6 heteroatoms. The fourth-order valence-corrected chi connectivity index (χ4v) is 1.10. The summed E-state index contributed by atoms with van der Waals surface area (Å²) in [6, 6.07) is 0. The largest absolute Gasteiger partial charge is 0.297 e. The minimum absolute atomic E-state index is 0.464. The summed E-state index contributed by atoms with van der Waals surface area (Å²) in [7, 11) is 1.76. The van der Waals surface area contributed by atoms with Crippen LogP contribution < -0.4 is 5.43 Å². The summed E-state index contributed by atoms with van der Waals surface area (Å²) in [6.07, 6.45) is 3.24. The van der Waals surface area contributed by atoms with E-state index in [2.05, 4.69) is 15.5 Å². The Kier molecular flexibility index (Phi) is 1.25. The molecule has 0 spiro atoms. The zero-order chi connectivity index (χ0) is 7.84. The lowest BCUT2D eigenvalue weighted by molar-refractivity contribution is 0.621. The second-order valence-electron chi connectivity index (χ2n) is 2.02. The van der Waals surface area contributed by atoms with Crippen molar-refractivity contribution in [1.29, 1.82) is 0 Å². The lowest BCUT2D eigenvalue weighted by Crippen LogP contribution is -2.15. The number of hydrogen-bond donors (Lipinski definition) is 1. The van der Waals surface area contributed by atoms with Gasteiger partial charge in [-0.2, -0.15) is 0 Å². The number of hydrogen-bond acceptors (Lipinski definition) is 3. The molecule has 0 aromatic carbocycles. The van der Waals surface area contributed by atoms with E-state index in [1.54, 1.807) is 24.1 Å². The molecule has 0 amide bonds. The molecular formula is C5H6ClN5. The van der Waals surface area contributed by atoms with Crippen molar-refractivity contribution in [3.8, 4) is 0 Å². The molecule has 0 saturated heterocycles. The first-order valence-electron chi connectivity index (χ1n) is 3.07. The second-order valence-corrected chi connectivity index (χ2v) is 2.38. The van der Waals surface area contributed by atoms with Crippen molar-refractivity contribution in [1.82, 2.24) is 19.5 Å². The highest BCUT2D eigenvalue weighted by atomic mass is 35.5. The SMILES string of the molecule is CNn1ncc2c(Cl)ncn21. The van der Waals surface area contributed by atoms with Crippen LogP contribution in [0, 0.1) is 0 Å². The van der Waals surface area contributed by atoms with Crippen LogP contribution in [0.3, 0.4) is 0 Å². The second kappa shape index (κ2) is 2.13. The summed E-state index contributed by atoms with van der Waals surface area (Å²) in [4.78, 5) is 5.43. The Morgan fingerprint density at radius 2 is 2.45 bits per heavy atom. The zero-order valence-corrected chi connectivity index (χ0v) is 6.58. The standard InChI is InChI=1S/C5H6ClN5/c1-7-11-9-2-4-5(6)8-3-10(4)11/h2-3,7H,1H3. The molecule has 58 valence electrons. The molecule has 2 rings (SSSR count). The Morgan fingerprint density at radius 1 is 1.64 bits per heavy atom. The fraction of sp³-hybridized carbons (Fsp3) is 0.200. The maximum absolute atomic E-state index is 5.73. The van der Waals surface area contributed by atoms with Crippen LogP contribution in [0.4, 0.5) is 0 Å². The summed E-state index contributed by atoms with van der Waals surface area (Å²) in [5, 5.41) is 4.44. The average molecular weight is 172 g/mol. The van der Waals surface area contributed by atoms with Crippen LogP contribution in [-0.4, -0.2) is 26.6 Å². The average Bonchev–Trinajstić information content (AvgIpc) is 2.53. The third-order valence-corrected chi connectivity index (χ3v) is 1.72. The summed E-state index contributed by atoms with van der Waals surface area (Å²) in [6.45, 7) is 0. The molecule has 5 nitrogen and oxygen atoms in total. The normalized spacial score (nSPS) is 10.7. The van der Waals surface area contributed by atoms with Crippen molar-refractivity contribution in [3.63, 3.8) is 0 Å². The van der Waals surface area contributed by atoms with Gasteiger partial charge in [0.25, 0.3) is 0 Å². The molecule has 2 heterocycles. The molecule has 2 aromatic heterocycles. The fourth-order valence-electron chi connectivity index (χ4n) is 0.922. The van der Waals surface area contributed by atoms with Crippen molar-refractivity contribution in [2.24, 2.45) is 0 Å². The molecule has 0 bridgehead atoms. The predicted molar refractivity (Wildman–Crippen MR) is 41.3 cm³/mol. The first-order chi connectivity index (χ1) is 5.33. The molecule has 0 atom stereocenters. The number of imidazole rings is 1. The van der Waals surface area contributed by atoms with E-state index in [0.717, 1.165) is 5.52 Å². The summed E-state index contributed by atoms with van der Waals surface area (Å²) in [5.41, 5.74) is 3.63. The number of aromatic nitrogens is 4. The maximum atomic E-state index is 5.73. The van der Waals surface area contributed by atoms with Crippen LogP contribution in [0.5, 0.6) is 0 Å². The smallest absolute Gasteiger partial charge is 0.158 e. The highest BCUT2D eigenvalue weighted by molar-refractivity contribution is 6.32. The summed E-state index contributed by atoms with van der Waals surface area (Å²) < 4.78 is 1.71. The van der Waals surface area contributed by atoms with Crippen LogP contribution in [-0.2, 0) is 0 Å². The monoisotopic (exact) mass is 171 g/mol. The van der Waals surface area contributed by atoms with Crippen LogP contribution >= 0.6 is 11.6 Å². The maximum Gasteiger partial charge on any atom is 0.158 e. The summed E-state index contributed by atoms with van der Waals surface area (Å²) in [5.74, 6) is 0. The Balaban J connectivity index is 2.77. The van der Waals surface area contributed by atoms with Gasteiger partial charge < -0.3 is 0 Å². The van der Waals surface area contributed by atoms with Gasteiger partial charge >= 0.3 is 0 Å². The number of fused-ring (bicyclic) bond motifs is 1. The van der Waals surface area contributed by atoms with E-state index < -0.39 is 0 Å². The van der Waals surface area contributed by atoms with Crippen LogP contribution in [0.2, 0.25) is 5.15 Å². The van der Waals surface area contributed by atoms with Gasteiger partial charge in [0, 0.05) is 7.05 Å². The van der Waals surface area contributed by atoms with Crippen molar-refractivity contribution >= 4 is 17.1 Å². The van der Waals surface area contributed by atoms with E-state index in [9.17, 15) is 0 Å². The van der Waals surface area contributed by atoms with E-state index in [1.165, 1.54) is 4.91 Å². The van der Waals surface area contributed by atoms with Gasteiger partial charge in [-0.1, -0.05) is 11.6 Å². The zero-order valence-electron chi connectivity index (χ0n) is 5.82. The van der Waals surface area contributed by atoms with Crippen molar-refractivity contribution in [2.45, 2.75) is 0 Å². The third kappa shape index (κ3) is 0.775. The van der Waals surface area contributed by atoms with Crippen molar-refractivity contribution < 1.29 is 0 Å². The van der Waals surface area contributed by atoms with Gasteiger partial charge in [0.1, 0.15) is 11.8 Å². The molecule has 0 aliphatic rings. The highest BCUT2D eigenvalue weighted by Crippen LogP contribution is 2.12. The van der Waals surface area contributed by atoms with Crippen LogP contribution in [0.1, 0.15) is 0 Å². The molecule has 0 aliphatic carbocycles. The van der Waals surface area contributed by atoms with E-state index in [-0.39, 0.29) is 0 Å². The minimum atomic E-state index is 0.464. The molecular weight excluding hydrogens is 166 g/mol. The quantitative estimate of drug-likeness (QED) is 0.674. The Morgan fingerprint density at radius 3 is 3.18 bits per heavy atom. The molecule has 0 unspecified atom stereocenters. The van der Waals surface area contributed by atoms with Crippen molar-refractivity contribution in [3.05, 3.63) is 17.7 Å². The third-order valence-electron chi connectivity index (χ3n) is 1.43. The Bertz CT molecular complexity index is 375. The predicted octanol–water partition coefficient (Wildman–Crippen LogP) is 0.357. The molecule has 1 N–H and O–H groups in total. The number of nitrogens with one attached hydrogen (secondary N) is 1.